The summed E-state index contributed by atoms with van der Waals surface area (Å²) in [7, 11) is 1.53. The zero-order valence-corrected chi connectivity index (χ0v) is 11.2. The van der Waals surface area contributed by atoms with E-state index in [1.165, 1.54) is 31.4 Å². The Morgan fingerprint density at radius 3 is 2.19 bits per heavy atom. The number of hydrogen-bond acceptors (Lipinski definition) is 4. The zero-order valence-electron chi connectivity index (χ0n) is 11.2. The summed E-state index contributed by atoms with van der Waals surface area (Å²) in [5.74, 6) is -0.428. The first-order valence-electron chi connectivity index (χ1n) is 6.05. The first kappa shape index (κ1) is 14.5. The van der Waals surface area contributed by atoms with Crippen molar-refractivity contribution >= 4 is 11.8 Å². The van der Waals surface area contributed by atoms with Gasteiger partial charge in [-0.3, -0.25) is 0 Å². The lowest BCUT2D eigenvalue weighted by Gasteiger charge is -2.02. The van der Waals surface area contributed by atoms with Crippen molar-refractivity contribution in [2.75, 3.05) is 7.11 Å². The van der Waals surface area contributed by atoms with Crippen LogP contribution in [-0.2, 0) is 4.84 Å². The van der Waals surface area contributed by atoms with E-state index in [1.54, 1.807) is 24.3 Å². The molecule has 108 valence electrons. The molecule has 0 aliphatic carbocycles. The number of oxime groups is 1. The lowest BCUT2D eigenvalue weighted by atomic mass is 10.2. The number of hydrogen-bond donors (Lipinski definition) is 1. The summed E-state index contributed by atoms with van der Waals surface area (Å²) in [5, 5.41) is 3.53. The highest BCUT2D eigenvalue weighted by atomic mass is 19.1. The van der Waals surface area contributed by atoms with Crippen LogP contribution in [-0.4, -0.2) is 18.9 Å². The highest BCUT2D eigenvalue weighted by Crippen LogP contribution is 2.12. The van der Waals surface area contributed by atoms with Crippen LogP contribution in [0.4, 0.5) is 4.39 Å². The van der Waals surface area contributed by atoms with Gasteiger partial charge in [0.15, 0.2) is 5.84 Å². The third-order valence-corrected chi connectivity index (χ3v) is 2.69. The van der Waals surface area contributed by atoms with Crippen molar-refractivity contribution in [3.8, 4) is 5.75 Å². The average Bonchev–Trinajstić information content (AvgIpc) is 2.53. The summed E-state index contributed by atoms with van der Waals surface area (Å²) >= 11 is 0. The highest BCUT2D eigenvalue weighted by molar-refractivity contribution is 5.98. The minimum absolute atomic E-state index is 0.0168. The Balaban J connectivity index is 2.04. The largest absolute Gasteiger partial charge is 0.497 e. The number of halogens is 1. The van der Waals surface area contributed by atoms with Gasteiger partial charge in [-0.05, 0) is 48.5 Å². The molecule has 0 bridgehead atoms. The highest BCUT2D eigenvalue weighted by Gasteiger charge is 2.08. The van der Waals surface area contributed by atoms with Crippen LogP contribution in [0.1, 0.15) is 15.9 Å². The molecule has 2 aromatic rings. The Bertz CT molecular complexity index is 652. The van der Waals surface area contributed by atoms with Gasteiger partial charge in [0, 0.05) is 5.56 Å². The number of nitrogens with two attached hydrogens (primary N) is 1. The first-order chi connectivity index (χ1) is 10.1. The summed E-state index contributed by atoms with van der Waals surface area (Å²) in [6.07, 6.45) is 0. The van der Waals surface area contributed by atoms with E-state index in [0.717, 1.165) is 0 Å². The molecule has 0 fully saturated rings. The van der Waals surface area contributed by atoms with E-state index >= 15 is 0 Å². The Morgan fingerprint density at radius 1 is 1.05 bits per heavy atom. The number of carbonyl (C=O) groups excluding carboxylic acids is 1. The smallest absolute Gasteiger partial charge is 0.365 e. The van der Waals surface area contributed by atoms with Crippen LogP contribution in [0.2, 0.25) is 0 Å². The number of ether oxygens (including phenoxy) is 1. The normalized spacial score (nSPS) is 11.0. The summed E-state index contributed by atoms with van der Waals surface area (Å²) in [4.78, 5) is 16.5. The topological polar surface area (TPSA) is 73.9 Å². The van der Waals surface area contributed by atoms with Crippen LogP contribution in [0.5, 0.6) is 5.75 Å². The minimum atomic E-state index is -0.650. The molecule has 2 N–H and O–H groups in total. The molecule has 6 heteroatoms. The number of methoxy groups -OCH3 is 1. The van der Waals surface area contributed by atoms with Crippen molar-refractivity contribution in [3.63, 3.8) is 0 Å². The molecule has 0 heterocycles. The predicted octanol–water partition coefficient (Wildman–Crippen LogP) is 2.31. The number of nitrogens with zero attached hydrogens (tertiary/aromatic N) is 1. The van der Waals surface area contributed by atoms with E-state index in [-0.39, 0.29) is 11.7 Å². The fourth-order valence-corrected chi connectivity index (χ4v) is 1.54. The van der Waals surface area contributed by atoms with Gasteiger partial charge in [-0.1, -0.05) is 5.16 Å². The Morgan fingerprint density at radius 2 is 1.62 bits per heavy atom. The molecule has 21 heavy (non-hydrogen) atoms. The number of carbonyl (C=O) groups is 1. The van der Waals surface area contributed by atoms with E-state index in [2.05, 4.69) is 5.16 Å². The molecule has 0 aliphatic rings. The maximum absolute atomic E-state index is 12.8. The van der Waals surface area contributed by atoms with E-state index in [1.807, 2.05) is 0 Å². The monoisotopic (exact) mass is 288 g/mol. The maximum Gasteiger partial charge on any atom is 0.365 e. The Hall–Kier alpha value is -2.89. The van der Waals surface area contributed by atoms with E-state index in [0.29, 0.717) is 16.9 Å². The van der Waals surface area contributed by atoms with Gasteiger partial charge in [0.1, 0.15) is 11.6 Å². The summed E-state index contributed by atoms with van der Waals surface area (Å²) in [6.45, 7) is 0. The molecule has 0 aliphatic heterocycles. The molecular weight excluding hydrogens is 275 g/mol. The zero-order chi connectivity index (χ0) is 15.2. The number of benzene rings is 2. The second-order valence-corrected chi connectivity index (χ2v) is 4.09. The van der Waals surface area contributed by atoms with Gasteiger partial charge in [-0.2, -0.15) is 0 Å². The third kappa shape index (κ3) is 3.79. The van der Waals surface area contributed by atoms with Gasteiger partial charge in [0.05, 0.1) is 12.7 Å². The molecule has 0 spiro atoms. The molecular formula is C15H13FN2O3. The van der Waals surface area contributed by atoms with Crippen LogP contribution in [0.25, 0.3) is 0 Å². The van der Waals surface area contributed by atoms with Gasteiger partial charge in [-0.25, -0.2) is 9.18 Å². The molecule has 0 saturated carbocycles. The average molecular weight is 288 g/mol. The van der Waals surface area contributed by atoms with E-state index in [4.69, 9.17) is 15.3 Å². The number of rotatable bonds is 4. The second-order valence-electron chi connectivity index (χ2n) is 4.09. The molecule has 0 saturated heterocycles. The van der Waals surface area contributed by atoms with Crippen LogP contribution in [0.3, 0.4) is 0 Å². The molecule has 0 atom stereocenters. The fourth-order valence-electron chi connectivity index (χ4n) is 1.54. The SMILES string of the molecule is COc1ccc(C(=O)O/N=C(\N)c2ccc(F)cc2)cc1. The van der Waals surface area contributed by atoms with Crippen LogP contribution >= 0.6 is 0 Å². The van der Waals surface area contributed by atoms with Gasteiger partial charge < -0.3 is 15.3 Å². The van der Waals surface area contributed by atoms with E-state index in [9.17, 15) is 9.18 Å². The van der Waals surface area contributed by atoms with Gasteiger partial charge in [-0.15, -0.1) is 0 Å². The number of amidine groups is 1. The molecule has 0 aromatic heterocycles. The van der Waals surface area contributed by atoms with Crippen LogP contribution < -0.4 is 10.5 Å². The van der Waals surface area contributed by atoms with Gasteiger partial charge in [0.2, 0.25) is 0 Å². The molecule has 0 unspecified atom stereocenters. The molecule has 0 radical (unpaired) electrons. The molecule has 5 nitrogen and oxygen atoms in total. The van der Waals surface area contributed by atoms with Crippen molar-refractivity contribution in [1.29, 1.82) is 0 Å². The van der Waals surface area contributed by atoms with Crippen molar-refractivity contribution in [1.82, 2.24) is 0 Å². The molecule has 2 aromatic carbocycles. The van der Waals surface area contributed by atoms with Crippen molar-refractivity contribution in [3.05, 3.63) is 65.5 Å². The summed E-state index contributed by atoms with van der Waals surface area (Å²) in [6, 6.07) is 11.7. The lowest BCUT2D eigenvalue weighted by Crippen LogP contribution is -2.15. The lowest BCUT2D eigenvalue weighted by molar-refractivity contribution is 0.0516. The Kier molecular flexibility index (Phi) is 4.50. The minimum Gasteiger partial charge on any atom is -0.497 e. The van der Waals surface area contributed by atoms with Crippen molar-refractivity contribution in [2.45, 2.75) is 0 Å². The Labute approximate surface area is 120 Å². The first-order valence-corrected chi connectivity index (χ1v) is 6.05. The van der Waals surface area contributed by atoms with Gasteiger partial charge >= 0.3 is 5.97 Å². The fraction of sp³-hybridized carbons (Fsp3) is 0.0667. The van der Waals surface area contributed by atoms with Crippen LogP contribution in [0.15, 0.2) is 53.7 Å². The predicted molar refractivity (Wildman–Crippen MR) is 75.5 cm³/mol. The third-order valence-electron chi connectivity index (χ3n) is 2.69. The quantitative estimate of drug-likeness (QED) is 0.405. The van der Waals surface area contributed by atoms with E-state index < -0.39 is 5.97 Å². The van der Waals surface area contributed by atoms with Crippen molar-refractivity contribution < 1.29 is 18.8 Å². The second kappa shape index (κ2) is 6.51. The molecule has 0 amide bonds. The molecule has 2 rings (SSSR count). The maximum atomic E-state index is 12.8. The van der Waals surface area contributed by atoms with Crippen LogP contribution in [0, 0.1) is 5.82 Å². The summed E-state index contributed by atoms with van der Waals surface area (Å²) < 4.78 is 17.8. The standard InChI is InChI=1S/C15H13FN2O3/c1-20-13-8-4-11(5-9-13)15(19)21-18-14(17)10-2-6-12(16)7-3-10/h2-9H,1H3,(H2,17,18). The summed E-state index contributed by atoms with van der Waals surface area (Å²) in [5.41, 5.74) is 6.42. The van der Waals surface area contributed by atoms with Gasteiger partial charge in [0.25, 0.3) is 0 Å². The van der Waals surface area contributed by atoms with Crippen molar-refractivity contribution in [2.24, 2.45) is 10.9 Å².